The molecule has 0 aromatic heterocycles. The molecule has 0 spiro atoms. The molecule has 102 valence electrons. The molecule has 1 nitrogen and oxygen atoms in total. The molecule has 0 radical (unpaired) electrons. The Kier molecular flexibility index (Phi) is 3.70. The van der Waals surface area contributed by atoms with E-state index in [4.69, 9.17) is 0 Å². The van der Waals surface area contributed by atoms with Crippen LogP contribution in [0.1, 0.15) is 42.4 Å². The minimum Gasteiger partial charge on any atom is -0.299 e. The van der Waals surface area contributed by atoms with E-state index in [0.29, 0.717) is 18.1 Å². The van der Waals surface area contributed by atoms with Crippen LogP contribution in [-0.4, -0.2) is 16.3 Å². The van der Waals surface area contributed by atoms with Gasteiger partial charge in [0.1, 0.15) is 5.78 Å². The van der Waals surface area contributed by atoms with Gasteiger partial charge in [0, 0.05) is 22.8 Å². The Bertz CT molecular complexity index is 482. The number of ketones is 1. The van der Waals surface area contributed by atoms with Crippen LogP contribution in [0.4, 0.5) is 0 Å². The third-order valence-corrected chi connectivity index (χ3v) is 6.45. The van der Waals surface area contributed by atoms with Crippen LogP contribution in [0.25, 0.3) is 0 Å². The molecule has 2 atom stereocenters. The first kappa shape index (κ1) is 13.2. The summed E-state index contributed by atoms with van der Waals surface area (Å²) >= 11 is 2.13. The maximum atomic E-state index is 12.5. The summed E-state index contributed by atoms with van der Waals surface area (Å²) in [6, 6.07) is 6.32. The van der Waals surface area contributed by atoms with E-state index in [1.165, 1.54) is 29.5 Å². The highest BCUT2D eigenvalue weighted by Crippen LogP contribution is 2.46. The fraction of sp³-hybridized carbons (Fsp3) is 0.588. The van der Waals surface area contributed by atoms with Gasteiger partial charge in [-0.3, -0.25) is 4.79 Å². The number of thioether (sulfide) groups is 1. The first-order valence-electron chi connectivity index (χ1n) is 7.36. The van der Waals surface area contributed by atoms with Crippen molar-refractivity contribution in [1.82, 2.24) is 0 Å². The average Bonchev–Trinajstić information content (AvgIpc) is 2.73. The lowest BCUT2D eigenvalue weighted by molar-refractivity contribution is -0.122. The standard InChI is InChI=1S/C17H22OS/c1-11-4-3-5-13(12(11)2)10-17(18)14-8-15-6-7-16(9-14)19-15/h3-5,14-16H,6-10H2,1-2H3. The average molecular weight is 274 g/mol. The fourth-order valence-electron chi connectivity index (χ4n) is 3.46. The minimum atomic E-state index is 0.332. The molecule has 3 rings (SSSR count). The summed E-state index contributed by atoms with van der Waals surface area (Å²) in [6.07, 6.45) is 5.57. The second-order valence-electron chi connectivity index (χ2n) is 6.13. The first-order valence-corrected chi connectivity index (χ1v) is 8.31. The normalized spacial score (nSPS) is 29.5. The molecule has 2 bridgehead atoms. The lowest BCUT2D eigenvalue weighted by Gasteiger charge is -2.26. The number of hydrogen-bond acceptors (Lipinski definition) is 2. The third-order valence-electron chi connectivity index (χ3n) is 4.83. The number of aryl methyl sites for hydroxylation is 1. The Balaban J connectivity index is 1.69. The number of fused-ring (bicyclic) bond motifs is 2. The van der Waals surface area contributed by atoms with Gasteiger partial charge < -0.3 is 0 Å². The van der Waals surface area contributed by atoms with Crippen molar-refractivity contribution in [2.75, 3.05) is 0 Å². The van der Waals surface area contributed by atoms with Crippen LogP contribution in [0.5, 0.6) is 0 Å². The summed E-state index contributed by atoms with van der Waals surface area (Å²) in [6.45, 7) is 4.26. The maximum Gasteiger partial charge on any atom is 0.140 e. The van der Waals surface area contributed by atoms with E-state index in [-0.39, 0.29) is 0 Å². The van der Waals surface area contributed by atoms with E-state index in [9.17, 15) is 4.79 Å². The number of hydrogen-bond donors (Lipinski definition) is 0. The Labute approximate surface area is 120 Å². The predicted molar refractivity (Wildman–Crippen MR) is 81.8 cm³/mol. The lowest BCUT2D eigenvalue weighted by Crippen LogP contribution is -2.26. The Morgan fingerprint density at radius 2 is 1.89 bits per heavy atom. The quantitative estimate of drug-likeness (QED) is 0.826. The molecule has 0 N–H and O–H groups in total. The molecular formula is C17H22OS. The molecule has 0 amide bonds. The van der Waals surface area contributed by atoms with E-state index in [1.807, 2.05) is 0 Å². The lowest BCUT2D eigenvalue weighted by atomic mass is 9.89. The van der Waals surface area contributed by atoms with Crippen molar-refractivity contribution in [3.63, 3.8) is 0 Å². The summed E-state index contributed by atoms with van der Waals surface area (Å²) < 4.78 is 0. The van der Waals surface area contributed by atoms with E-state index >= 15 is 0 Å². The van der Waals surface area contributed by atoms with Crippen LogP contribution >= 0.6 is 11.8 Å². The summed E-state index contributed by atoms with van der Waals surface area (Å²) in [5.41, 5.74) is 3.82. The highest BCUT2D eigenvalue weighted by Gasteiger charge is 2.37. The van der Waals surface area contributed by atoms with Gasteiger partial charge in [0.15, 0.2) is 0 Å². The molecule has 0 saturated carbocycles. The number of rotatable bonds is 3. The minimum absolute atomic E-state index is 0.332. The Morgan fingerprint density at radius 1 is 1.21 bits per heavy atom. The molecular weight excluding hydrogens is 252 g/mol. The second kappa shape index (κ2) is 5.32. The van der Waals surface area contributed by atoms with Crippen LogP contribution in [0.3, 0.4) is 0 Å². The topological polar surface area (TPSA) is 17.1 Å². The van der Waals surface area contributed by atoms with Crippen molar-refractivity contribution in [3.05, 3.63) is 34.9 Å². The van der Waals surface area contributed by atoms with Crippen molar-refractivity contribution in [2.45, 2.75) is 56.5 Å². The van der Waals surface area contributed by atoms with E-state index < -0.39 is 0 Å². The summed E-state index contributed by atoms with van der Waals surface area (Å²) in [4.78, 5) is 12.5. The van der Waals surface area contributed by atoms with Crippen LogP contribution in [-0.2, 0) is 11.2 Å². The molecule has 2 aliphatic rings. The van der Waals surface area contributed by atoms with Gasteiger partial charge in [0.05, 0.1) is 0 Å². The second-order valence-corrected chi connectivity index (χ2v) is 7.73. The van der Waals surface area contributed by atoms with Crippen molar-refractivity contribution >= 4 is 17.5 Å². The van der Waals surface area contributed by atoms with Crippen LogP contribution in [0.15, 0.2) is 18.2 Å². The van der Waals surface area contributed by atoms with Crippen LogP contribution in [0.2, 0.25) is 0 Å². The third kappa shape index (κ3) is 2.74. The molecule has 1 aromatic rings. The van der Waals surface area contributed by atoms with Crippen molar-refractivity contribution in [1.29, 1.82) is 0 Å². The zero-order valence-electron chi connectivity index (χ0n) is 11.8. The van der Waals surface area contributed by atoms with Crippen LogP contribution in [0, 0.1) is 19.8 Å². The summed E-state index contributed by atoms with van der Waals surface area (Å²) in [7, 11) is 0. The van der Waals surface area contributed by atoms with E-state index in [1.54, 1.807) is 0 Å². The maximum absolute atomic E-state index is 12.5. The smallest absolute Gasteiger partial charge is 0.140 e. The van der Waals surface area contributed by atoms with Gasteiger partial charge in [-0.25, -0.2) is 0 Å². The molecule has 2 unspecified atom stereocenters. The zero-order chi connectivity index (χ0) is 13.4. The Morgan fingerprint density at radius 3 is 2.58 bits per heavy atom. The van der Waals surface area contributed by atoms with Crippen molar-refractivity contribution in [3.8, 4) is 0 Å². The number of carbonyl (C=O) groups excluding carboxylic acids is 1. The highest BCUT2D eigenvalue weighted by atomic mass is 32.2. The molecule has 2 saturated heterocycles. The summed E-state index contributed by atoms with van der Waals surface area (Å²) in [5.74, 6) is 0.810. The summed E-state index contributed by atoms with van der Waals surface area (Å²) in [5, 5.41) is 1.54. The van der Waals surface area contributed by atoms with Gasteiger partial charge >= 0.3 is 0 Å². The molecule has 2 heterocycles. The molecule has 2 aliphatic heterocycles. The van der Waals surface area contributed by atoms with Gasteiger partial charge in [-0.1, -0.05) is 18.2 Å². The number of carbonyl (C=O) groups is 1. The van der Waals surface area contributed by atoms with Gasteiger partial charge in [-0.15, -0.1) is 0 Å². The van der Waals surface area contributed by atoms with Crippen molar-refractivity contribution < 1.29 is 4.79 Å². The number of Topliss-reactive ketones (excluding diaryl/α,β-unsaturated/α-hetero) is 1. The Hall–Kier alpha value is -0.760. The molecule has 0 aliphatic carbocycles. The monoisotopic (exact) mass is 274 g/mol. The van der Waals surface area contributed by atoms with E-state index in [2.05, 4.69) is 43.8 Å². The van der Waals surface area contributed by atoms with Gasteiger partial charge in [-0.2, -0.15) is 11.8 Å². The van der Waals surface area contributed by atoms with Gasteiger partial charge in [0.2, 0.25) is 0 Å². The molecule has 19 heavy (non-hydrogen) atoms. The first-order chi connectivity index (χ1) is 9.13. The largest absolute Gasteiger partial charge is 0.299 e. The predicted octanol–water partition coefficient (Wildman–Crippen LogP) is 4.09. The van der Waals surface area contributed by atoms with E-state index in [0.717, 1.165) is 23.3 Å². The highest BCUT2D eigenvalue weighted by molar-refractivity contribution is 8.00. The molecule has 1 aromatic carbocycles. The van der Waals surface area contributed by atoms with Crippen LogP contribution < -0.4 is 0 Å². The van der Waals surface area contributed by atoms with Gasteiger partial charge in [-0.05, 0) is 56.2 Å². The SMILES string of the molecule is Cc1cccc(CC(=O)C2CC3CCC(C2)S3)c1C. The zero-order valence-corrected chi connectivity index (χ0v) is 12.6. The number of benzene rings is 1. The fourth-order valence-corrected chi connectivity index (χ4v) is 5.23. The van der Waals surface area contributed by atoms with Gasteiger partial charge in [0.25, 0.3) is 0 Å². The molecule has 2 heteroatoms. The molecule has 2 fully saturated rings. The van der Waals surface area contributed by atoms with Crippen molar-refractivity contribution in [2.24, 2.45) is 5.92 Å².